The summed E-state index contributed by atoms with van der Waals surface area (Å²) in [5.74, 6) is -0.193. The van der Waals surface area contributed by atoms with Crippen molar-refractivity contribution < 1.29 is 19.1 Å². The third-order valence-electron chi connectivity index (χ3n) is 4.02. The molecule has 0 spiro atoms. The van der Waals surface area contributed by atoms with Crippen molar-refractivity contribution in [1.29, 1.82) is 0 Å². The summed E-state index contributed by atoms with van der Waals surface area (Å²) in [6.07, 6.45) is 2.32. The van der Waals surface area contributed by atoms with E-state index in [1.54, 1.807) is 11.8 Å². The van der Waals surface area contributed by atoms with Gasteiger partial charge in [0, 0.05) is 26.1 Å². The van der Waals surface area contributed by atoms with E-state index in [1.165, 1.54) is 5.56 Å². The number of aryl methyl sites for hydroxylation is 2. The van der Waals surface area contributed by atoms with Crippen molar-refractivity contribution in [2.45, 2.75) is 59.5 Å². The normalized spacial score (nSPS) is 10.8. The standard InChI is InChI=1S/C21H33NO4/c1-5-25-21(24)13-15-22(14-6-16-26-17(2)3)20(23)12-11-19-9-7-18(4)8-10-19/h7-10,17H,5-6,11-16H2,1-4H3. The summed E-state index contributed by atoms with van der Waals surface area (Å²) in [5, 5.41) is 0. The van der Waals surface area contributed by atoms with Crippen molar-refractivity contribution in [3.63, 3.8) is 0 Å². The Morgan fingerprint density at radius 2 is 1.77 bits per heavy atom. The van der Waals surface area contributed by atoms with Crippen molar-refractivity contribution in [2.24, 2.45) is 0 Å². The van der Waals surface area contributed by atoms with Crippen molar-refractivity contribution in [3.05, 3.63) is 35.4 Å². The molecule has 146 valence electrons. The number of ether oxygens (including phenoxy) is 2. The number of hydrogen-bond donors (Lipinski definition) is 0. The van der Waals surface area contributed by atoms with Crippen LogP contribution in [0.3, 0.4) is 0 Å². The number of carbonyl (C=O) groups excluding carboxylic acids is 2. The van der Waals surface area contributed by atoms with Gasteiger partial charge in [0.15, 0.2) is 0 Å². The molecule has 0 aliphatic heterocycles. The Balaban J connectivity index is 2.51. The molecule has 0 saturated carbocycles. The van der Waals surface area contributed by atoms with Gasteiger partial charge in [0.25, 0.3) is 0 Å². The van der Waals surface area contributed by atoms with Crippen LogP contribution in [0.1, 0.15) is 51.2 Å². The molecule has 1 aromatic carbocycles. The first-order chi connectivity index (χ1) is 12.4. The van der Waals surface area contributed by atoms with Crippen LogP contribution in [0.15, 0.2) is 24.3 Å². The van der Waals surface area contributed by atoms with Crippen LogP contribution in [0.25, 0.3) is 0 Å². The number of esters is 1. The molecule has 5 nitrogen and oxygen atoms in total. The Morgan fingerprint density at radius 3 is 2.38 bits per heavy atom. The van der Waals surface area contributed by atoms with Gasteiger partial charge in [-0.25, -0.2) is 0 Å². The van der Waals surface area contributed by atoms with E-state index in [2.05, 4.69) is 24.3 Å². The number of nitrogens with zero attached hydrogens (tertiary/aromatic N) is 1. The lowest BCUT2D eigenvalue weighted by atomic mass is 10.1. The minimum Gasteiger partial charge on any atom is -0.466 e. The smallest absolute Gasteiger partial charge is 0.307 e. The maximum atomic E-state index is 12.6. The average Bonchev–Trinajstić information content (AvgIpc) is 2.60. The van der Waals surface area contributed by atoms with Crippen LogP contribution in [0.4, 0.5) is 0 Å². The maximum absolute atomic E-state index is 12.6. The Morgan fingerprint density at radius 1 is 1.08 bits per heavy atom. The summed E-state index contributed by atoms with van der Waals surface area (Å²) < 4.78 is 10.5. The van der Waals surface area contributed by atoms with Crippen LogP contribution in [-0.4, -0.2) is 49.2 Å². The molecule has 0 atom stereocenters. The zero-order valence-electron chi connectivity index (χ0n) is 16.6. The summed E-state index contributed by atoms with van der Waals surface area (Å²) in [7, 11) is 0. The first kappa shape index (κ1) is 22.2. The molecule has 0 aliphatic rings. The van der Waals surface area contributed by atoms with Gasteiger partial charge in [-0.2, -0.15) is 0 Å². The molecular formula is C21H33NO4. The average molecular weight is 363 g/mol. The third-order valence-corrected chi connectivity index (χ3v) is 4.02. The fourth-order valence-electron chi connectivity index (χ4n) is 2.56. The first-order valence-electron chi connectivity index (χ1n) is 9.53. The molecule has 1 rings (SSSR count). The van der Waals surface area contributed by atoms with Crippen molar-refractivity contribution in [2.75, 3.05) is 26.3 Å². The van der Waals surface area contributed by atoms with Crippen LogP contribution >= 0.6 is 0 Å². The number of benzene rings is 1. The predicted molar refractivity (Wildman–Crippen MR) is 103 cm³/mol. The van der Waals surface area contributed by atoms with E-state index in [0.29, 0.717) is 39.1 Å². The Bertz CT molecular complexity index is 539. The number of hydrogen-bond acceptors (Lipinski definition) is 4. The second-order valence-corrected chi connectivity index (χ2v) is 6.69. The van der Waals surface area contributed by atoms with Gasteiger partial charge in [0.2, 0.25) is 5.91 Å². The fraction of sp³-hybridized carbons (Fsp3) is 0.619. The second-order valence-electron chi connectivity index (χ2n) is 6.69. The lowest BCUT2D eigenvalue weighted by Crippen LogP contribution is -2.35. The lowest BCUT2D eigenvalue weighted by molar-refractivity contribution is -0.144. The minimum absolute atomic E-state index is 0.0689. The van der Waals surface area contributed by atoms with E-state index in [0.717, 1.165) is 12.0 Å². The Hall–Kier alpha value is -1.88. The van der Waals surface area contributed by atoms with E-state index >= 15 is 0 Å². The lowest BCUT2D eigenvalue weighted by Gasteiger charge is -2.23. The van der Waals surface area contributed by atoms with Crippen molar-refractivity contribution >= 4 is 11.9 Å². The molecule has 0 saturated heterocycles. The highest BCUT2D eigenvalue weighted by Gasteiger charge is 2.15. The molecular weight excluding hydrogens is 330 g/mol. The monoisotopic (exact) mass is 363 g/mol. The predicted octanol–water partition coefficient (Wildman–Crippen LogP) is 3.52. The number of amides is 1. The summed E-state index contributed by atoms with van der Waals surface area (Å²) in [6, 6.07) is 8.23. The fourth-order valence-corrected chi connectivity index (χ4v) is 2.56. The topological polar surface area (TPSA) is 55.8 Å². The van der Waals surface area contributed by atoms with Crippen LogP contribution in [0, 0.1) is 6.92 Å². The molecule has 1 amide bonds. The van der Waals surface area contributed by atoms with E-state index < -0.39 is 0 Å². The zero-order chi connectivity index (χ0) is 19.4. The molecule has 0 aromatic heterocycles. The van der Waals surface area contributed by atoms with Crippen LogP contribution in [0.2, 0.25) is 0 Å². The largest absolute Gasteiger partial charge is 0.466 e. The van der Waals surface area contributed by atoms with Crippen LogP contribution in [0.5, 0.6) is 0 Å². The van der Waals surface area contributed by atoms with Gasteiger partial charge in [0.1, 0.15) is 0 Å². The van der Waals surface area contributed by atoms with Gasteiger partial charge in [-0.3, -0.25) is 9.59 Å². The van der Waals surface area contributed by atoms with Gasteiger partial charge in [-0.05, 0) is 46.1 Å². The van der Waals surface area contributed by atoms with Gasteiger partial charge in [-0.15, -0.1) is 0 Å². The second kappa shape index (κ2) is 12.5. The van der Waals surface area contributed by atoms with E-state index in [1.807, 2.05) is 20.8 Å². The molecule has 0 heterocycles. The van der Waals surface area contributed by atoms with Crippen molar-refractivity contribution in [1.82, 2.24) is 4.90 Å². The van der Waals surface area contributed by atoms with Gasteiger partial charge < -0.3 is 14.4 Å². The van der Waals surface area contributed by atoms with Gasteiger partial charge >= 0.3 is 5.97 Å². The molecule has 0 aliphatic carbocycles. The molecule has 0 N–H and O–H groups in total. The summed E-state index contributed by atoms with van der Waals surface area (Å²) >= 11 is 0. The zero-order valence-corrected chi connectivity index (χ0v) is 16.6. The molecule has 0 fully saturated rings. The van der Waals surface area contributed by atoms with Gasteiger partial charge in [-0.1, -0.05) is 29.8 Å². The highest BCUT2D eigenvalue weighted by atomic mass is 16.5. The Labute approximate surface area is 157 Å². The van der Waals surface area contributed by atoms with E-state index in [9.17, 15) is 9.59 Å². The van der Waals surface area contributed by atoms with Crippen LogP contribution < -0.4 is 0 Å². The van der Waals surface area contributed by atoms with Crippen LogP contribution in [-0.2, 0) is 25.5 Å². The number of rotatable bonds is 12. The van der Waals surface area contributed by atoms with Gasteiger partial charge in [0.05, 0.1) is 19.1 Å². The SMILES string of the molecule is CCOC(=O)CCN(CCCOC(C)C)C(=O)CCc1ccc(C)cc1. The highest BCUT2D eigenvalue weighted by Crippen LogP contribution is 2.08. The molecule has 0 radical (unpaired) electrons. The summed E-state index contributed by atoms with van der Waals surface area (Å²) in [5.41, 5.74) is 2.36. The summed E-state index contributed by atoms with van der Waals surface area (Å²) in [6.45, 7) is 9.78. The molecule has 0 unspecified atom stereocenters. The van der Waals surface area contributed by atoms with Crippen molar-refractivity contribution in [3.8, 4) is 0 Å². The van der Waals surface area contributed by atoms with E-state index in [4.69, 9.17) is 9.47 Å². The summed E-state index contributed by atoms with van der Waals surface area (Å²) in [4.78, 5) is 26.0. The molecule has 26 heavy (non-hydrogen) atoms. The minimum atomic E-state index is -0.262. The van der Waals surface area contributed by atoms with E-state index in [-0.39, 0.29) is 24.4 Å². The molecule has 0 bridgehead atoms. The number of carbonyl (C=O) groups is 2. The molecule has 5 heteroatoms. The highest BCUT2D eigenvalue weighted by molar-refractivity contribution is 5.77. The maximum Gasteiger partial charge on any atom is 0.307 e. The first-order valence-corrected chi connectivity index (χ1v) is 9.53. The Kier molecular flexibility index (Phi) is 10.6. The molecule has 1 aromatic rings. The quantitative estimate of drug-likeness (QED) is 0.421. The third kappa shape index (κ3) is 9.56.